The first-order valence-corrected chi connectivity index (χ1v) is 3.73. The Bertz CT molecular complexity index is 127. The summed E-state index contributed by atoms with van der Waals surface area (Å²) in [5.41, 5.74) is 5.11. The molecule has 11 heavy (non-hydrogen) atoms. The van der Waals surface area contributed by atoms with Crippen LogP contribution in [0.15, 0.2) is 0 Å². The Kier molecular flexibility index (Phi) is 4.81. The monoisotopic (exact) mass is 159 g/mol. The quantitative estimate of drug-likeness (QED) is 0.541. The minimum atomic E-state index is -0.274. The number of hydrogen-bond acceptors (Lipinski definition) is 3. The molecule has 0 saturated heterocycles. The van der Waals surface area contributed by atoms with Crippen LogP contribution < -0.4 is 11.1 Å². The molecule has 0 rings (SSSR count). The third-order valence-corrected chi connectivity index (χ3v) is 1.79. The van der Waals surface area contributed by atoms with Crippen molar-refractivity contribution in [3.05, 3.63) is 0 Å². The molecule has 0 saturated carbocycles. The van der Waals surface area contributed by atoms with Gasteiger partial charge >= 0.3 is 0 Å². The molecule has 0 fully saturated rings. The number of carbonyl (C=O) groups excluding carboxylic acids is 1. The van der Waals surface area contributed by atoms with E-state index < -0.39 is 0 Å². The third-order valence-electron chi connectivity index (χ3n) is 1.79. The Morgan fingerprint density at radius 3 is 2.64 bits per heavy atom. The van der Waals surface area contributed by atoms with Crippen LogP contribution in [0.2, 0.25) is 0 Å². The normalized spacial score (nSPS) is 13.5. The van der Waals surface area contributed by atoms with Crippen molar-refractivity contribution in [2.24, 2.45) is 5.73 Å². The van der Waals surface area contributed by atoms with Crippen LogP contribution in [0.5, 0.6) is 0 Å². The predicted octanol–water partition coefficient (Wildman–Crippen LogP) is -0.989. The van der Waals surface area contributed by atoms with Crippen LogP contribution in [-0.2, 0) is 4.79 Å². The number of nitrogens with one attached hydrogen (secondary N) is 1. The van der Waals surface area contributed by atoms with Crippen molar-refractivity contribution in [2.45, 2.75) is 13.0 Å². The summed E-state index contributed by atoms with van der Waals surface area (Å²) in [6, 6.07) is -0.177. The molecule has 0 bridgehead atoms. The second kappa shape index (κ2) is 5.09. The Morgan fingerprint density at radius 1 is 1.73 bits per heavy atom. The highest BCUT2D eigenvalue weighted by Crippen LogP contribution is 1.91. The topological polar surface area (TPSA) is 58.4 Å². The average molecular weight is 159 g/mol. The fourth-order valence-electron chi connectivity index (χ4n) is 0.699. The van der Waals surface area contributed by atoms with Crippen molar-refractivity contribution in [3.63, 3.8) is 0 Å². The molecule has 66 valence electrons. The minimum Gasteiger partial charge on any atom is -0.368 e. The summed E-state index contributed by atoms with van der Waals surface area (Å²) in [5.74, 6) is -0.274. The van der Waals surface area contributed by atoms with Gasteiger partial charge in [-0.1, -0.05) is 0 Å². The lowest BCUT2D eigenvalue weighted by Gasteiger charge is -2.21. The molecule has 0 radical (unpaired) electrons. The molecule has 4 heteroatoms. The average Bonchev–Trinajstić information content (AvgIpc) is 1.98. The van der Waals surface area contributed by atoms with E-state index in [-0.39, 0.29) is 11.9 Å². The predicted molar refractivity (Wildman–Crippen MR) is 45.2 cm³/mol. The molecule has 0 spiro atoms. The van der Waals surface area contributed by atoms with Gasteiger partial charge in [0.1, 0.15) is 0 Å². The lowest BCUT2D eigenvalue weighted by molar-refractivity contribution is -0.122. The molecule has 0 aromatic rings. The van der Waals surface area contributed by atoms with Crippen LogP contribution in [-0.4, -0.2) is 44.0 Å². The zero-order valence-electron chi connectivity index (χ0n) is 7.42. The van der Waals surface area contributed by atoms with Crippen LogP contribution in [0.3, 0.4) is 0 Å². The van der Waals surface area contributed by atoms with E-state index in [2.05, 4.69) is 5.32 Å². The van der Waals surface area contributed by atoms with Crippen molar-refractivity contribution >= 4 is 5.91 Å². The van der Waals surface area contributed by atoms with Gasteiger partial charge in [-0.2, -0.15) is 0 Å². The fourth-order valence-corrected chi connectivity index (χ4v) is 0.699. The lowest BCUT2D eigenvalue weighted by Crippen LogP contribution is -2.42. The minimum absolute atomic E-state index is 0.177. The molecule has 0 aromatic carbocycles. The van der Waals surface area contributed by atoms with Crippen LogP contribution in [0.1, 0.15) is 6.92 Å². The van der Waals surface area contributed by atoms with Crippen LogP contribution in [0.4, 0.5) is 0 Å². The maximum Gasteiger partial charge on any atom is 0.234 e. The van der Waals surface area contributed by atoms with E-state index in [1.807, 2.05) is 19.0 Å². The Balaban J connectivity index is 3.63. The molecule has 0 heterocycles. The summed E-state index contributed by atoms with van der Waals surface area (Å²) >= 11 is 0. The maximum atomic E-state index is 10.7. The number of primary amides is 1. The maximum absolute atomic E-state index is 10.7. The zero-order chi connectivity index (χ0) is 8.85. The molecule has 0 aliphatic carbocycles. The van der Waals surface area contributed by atoms with E-state index in [1.165, 1.54) is 0 Å². The first-order chi connectivity index (χ1) is 5.09. The van der Waals surface area contributed by atoms with Crippen LogP contribution >= 0.6 is 0 Å². The standard InChI is InChI=1S/C7H17N3O/c1-6(7(8)11)10(3)5-4-9-2/h6,9H,4-5H2,1-3H3,(H2,8,11). The molecule has 0 aromatic heterocycles. The lowest BCUT2D eigenvalue weighted by atomic mass is 10.3. The molecule has 0 aliphatic rings. The highest BCUT2D eigenvalue weighted by atomic mass is 16.1. The van der Waals surface area contributed by atoms with Gasteiger partial charge in [-0.3, -0.25) is 9.69 Å². The van der Waals surface area contributed by atoms with Gasteiger partial charge in [-0.25, -0.2) is 0 Å². The summed E-state index contributed by atoms with van der Waals surface area (Å²) in [5, 5.41) is 3.00. The van der Waals surface area contributed by atoms with Gasteiger partial charge in [0.05, 0.1) is 6.04 Å². The van der Waals surface area contributed by atoms with Gasteiger partial charge in [-0.05, 0) is 21.0 Å². The Hall–Kier alpha value is -0.610. The van der Waals surface area contributed by atoms with Crippen LogP contribution in [0.25, 0.3) is 0 Å². The molecular formula is C7H17N3O. The van der Waals surface area contributed by atoms with Crippen molar-refractivity contribution in [1.82, 2.24) is 10.2 Å². The van der Waals surface area contributed by atoms with Gasteiger partial charge in [0.25, 0.3) is 0 Å². The molecule has 1 amide bonds. The second-order valence-electron chi connectivity index (χ2n) is 2.66. The third kappa shape index (κ3) is 3.95. The summed E-state index contributed by atoms with van der Waals surface area (Å²) < 4.78 is 0. The highest BCUT2D eigenvalue weighted by Gasteiger charge is 2.12. The highest BCUT2D eigenvalue weighted by molar-refractivity contribution is 5.79. The number of nitrogens with two attached hydrogens (primary N) is 1. The van der Waals surface area contributed by atoms with Gasteiger partial charge in [0.2, 0.25) is 5.91 Å². The number of hydrogen-bond donors (Lipinski definition) is 2. The van der Waals surface area contributed by atoms with E-state index in [0.717, 1.165) is 13.1 Å². The van der Waals surface area contributed by atoms with E-state index in [9.17, 15) is 4.79 Å². The van der Waals surface area contributed by atoms with E-state index >= 15 is 0 Å². The van der Waals surface area contributed by atoms with Gasteiger partial charge in [0.15, 0.2) is 0 Å². The second-order valence-corrected chi connectivity index (χ2v) is 2.66. The summed E-state index contributed by atoms with van der Waals surface area (Å²) in [7, 11) is 3.76. The van der Waals surface area contributed by atoms with Crippen molar-refractivity contribution < 1.29 is 4.79 Å². The molecule has 3 N–H and O–H groups in total. The Labute approximate surface area is 67.7 Å². The molecule has 4 nitrogen and oxygen atoms in total. The number of rotatable bonds is 5. The fraction of sp³-hybridized carbons (Fsp3) is 0.857. The zero-order valence-corrected chi connectivity index (χ0v) is 7.42. The van der Waals surface area contributed by atoms with E-state index in [0.29, 0.717) is 0 Å². The van der Waals surface area contributed by atoms with E-state index in [4.69, 9.17) is 5.73 Å². The van der Waals surface area contributed by atoms with Crippen LogP contribution in [0, 0.1) is 0 Å². The molecule has 1 atom stereocenters. The largest absolute Gasteiger partial charge is 0.368 e. The molecule has 0 aliphatic heterocycles. The van der Waals surface area contributed by atoms with Gasteiger partial charge < -0.3 is 11.1 Å². The first-order valence-electron chi connectivity index (χ1n) is 3.73. The SMILES string of the molecule is CNCCN(C)C(C)C(N)=O. The summed E-state index contributed by atoms with van der Waals surface area (Å²) in [4.78, 5) is 12.6. The number of likely N-dealkylation sites (N-methyl/N-ethyl adjacent to an activating group) is 2. The van der Waals surface area contributed by atoms with Crippen molar-refractivity contribution in [3.8, 4) is 0 Å². The van der Waals surface area contributed by atoms with E-state index in [1.54, 1.807) is 6.92 Å². The smallest absolute Gasteiger partial charge is 0.234 e. The molecule has 1 unspecified atom stereocenters. The van der Waals surface area contributed by atoms with Crippen molar-refractivity contribution in [2.75, 3.05) is 27.2 Å². The summed E-state index contributed by atoms with van der Waals surface area (Å²) in [6.07, 6.45) is 0. The summed E-state index contributed by atoms with van der Waals surface area (Å²) in [6.45, 7) is 3.51. The van der Waals surface area contributed by atoms with Crippen molar-refractivity contribution in [1.29, 1.82) is 0 Å². The number of nitrogens with zero attached hydrogens (tertiary/aromatic N) is 1. The van der Waals surface area contributed by atoms with Gasteiger partial charge in [-0.15, -0.1) is 0 Å². The number of amides is 1. The first kappa shape index (κ1) is 10.4. The molecular weight excluding hydrogens is 142 g/mol. The number of carbonyl (C=O) groups is 1. The van der Waals surface area contributed by atoms with Gasteiger partial charge in [0, 0.05) is 13.1 Å². The Morgan fingerprint density at radius 2 is 2.27 bits per heavy atom.